The minimum atomic E-state index is -0.143. The largest absolute Gasteiger partial charge is 0.437 e. The molecule has 0 unspecified atom stereocenters. The van der Waals surface area contributed by atoms with Gasteiger partial charge in [-0.2, -0.15) is 0 Å². The quantitative estimate of drug-likeness (QED) is 0.441. The Hall–Kier alpha value is -4.46. The van der Waals surface area contributed by atoms with Crippen LogP contribution in [0.25, 0.3) is 10.8 Å². The maximum Gasteiger partial charge on any atom is 0.247 e. The van der Waals surface area contributed by atoms with E-state index in [0.29, 0.717) is 34.6 Å². The molecule has 2 amide bonds. The summed E-state index contributed by atoms with van der Waals surface area (Å²) in [7, 11) is 0. The first-order valence-electron chi connectivity index (χ1n) is 9.84. The fourth-order valence-corrected chi connectivity index (χ4v) is 3.05. The van der Waals surface area contributed by atoms with E-state index >= 15 is 0 Å². The van der Waals surface area contributed by atoms with E-state index in [1.54, 1.807) is 48.5 Å². The SMILES string of the molecule is CC(=O)Nc1ccc(Oc2nnc(Oc3ccc(NC(C)=O)cc3)c3ccccc23)cc1. The summed E-state index contributed by atoms with van der Waals surface area (Å²) in [6.07, 6.45) is 0. The monoisotopic (exact) mass is 428 g/mol. The molecule has 3 aromatic carbocycles. The van der Waals surface area contributed by atoms with Gasteiger partial charge in [0.1, 0.15) is 11.5 Å². The van der Waals surface area contributed by atoms with Crippen LogP contribution in [0.1, 0.15) is 13.8 Å². The van der Waals surface area contributed by atoms with Crippen molar-refractivity contribution >= 4 is 34.0 Å². The molecule has 160 valence electrons. The third kappa shape index (κ3) is 4.99. The average Bonchev–Trinajstić information content (AvgIpc) is 2.77. The van der Waals surface area contributed by atoms with Gasteiger partial charge in [-0.25, -0.2) is 0 Å². The van der Waals surface area contributed by atoms with Crippen molar-refractivity contribution in [3.63, 3.8) is 0 Å². The molecule has 1 heterocycles. The van der Waals surface area contributed by atoms with E-state index < -0.39 is 0 Å². The molecular formula is C24H20N4O4. The topological polar surface area (TPSA) is 102 Å². The number of nitrogens with zero attached hydrogens (tertiary/aromatic N) is 2. The molecule has 32 heavy (non-hydrogen) atoms. The van der Waals surface area contributed by atoms with E-state index in [4.69, 9.17) is 9.47 Å². The van der Waals surface area contributed by atoms with Crippen LogP contribution in [0, 0.1) is 0 Å². The van der Waals surface area contributed by atoms with Crippen LogP contribution in [0.5, 0.6) is 23.3 Å². The Labute approximate surface area is 184 Å². The van der Waals surface area contributed by atoms with Gasteiger partial charge >= 0.3 is 0 Å². The van der Waals surface area contributed by atoms with Gasteiger partial charge in [0.25, 0.3) is 0 Å². The van der Waals surface area contributed by atoms with Crippen molar-refractivity contribution in [2.75, 3.05) is 10.6 Å². The fourth-order valence-electron chi connectivity index (χ4n) is 3.05. The second kappa shape index (κ2) is 9.13. The molecule has 0 aliphatic rings. The first-order chi connectivity index (χ1) is 15.5. The van der Waals surface area contributed by atoms with E-state index in [0.717, 1.165) is 10.8 Å². The predicted molar refractivity (Wildman–Crippen MR) is 121 cm³/mol. The maximum atomic E-state index is 11.2. The normalized spacial score (nSPS) is 10.4. The zero-order valence-electron chi connectivity index (χ0n) is 17.5. The van der Waals surface area contributed by atoms with Gasteiger partial charge in [0.15, 0.2) is 0 Å². The van der Waals surface area contributed by atoms with Gasteiger partial charge in [-0.05, 0) is 60.7 Å². The van der Waals surface area contributed by atoms with E-state index in [2.05, 4.69) is 20.8 Å². The van der Waals surface area contributed by atoms with Crippen molar-refractivity contribution in [2.24, 2.45) is 0 Å². The zero-order chi connectivity index (χ0) is 22.5. The second-order valence-electron chi connectivity index (χ2n) is 6.97. The Morgan fingerprint density at radius 2 is 1.00 bits per heavy atom. The molecule has 0 saturated heterocycles. The maximum absolute atomic E-state index is 11.2. The summed E-state index contributed by atoms with van der Waals surface area (Å²) >= 11 is 0. The lowest BCUT2D eigenvalue weighted by Crippen LogP contribution is -2.05. The van der Waals surface area contributed by atoms with Crippen LogP contribution >= 0.6 is 0 Å². The summed E-state index contributed by atoms with van der Waals surface area (Å²) in [6.45, 7) is 2.90. The summed E-state index contributed by atoms with van der Waals surface area (Å²) in [4.78, 5) is 22.3. The molecule has 2 N–H and O–H groups in total. The molecule has 0 aliphatic carbocycles. The third-order valence-corrected chi connectivity index (χ3v) is 4.40. The zero-order valence-corrected chi connectivity index (χ0v) is 17.5. The molecule has 0 atom stereocenters. The highest BCUT2D eigenvalue weighted by Crippen LogP contribution is 2.34. The van der Waals surface area contributed by atoms with Crippen molar-refractivity contribution in [3.8, 4) is 23.3 Å². The Balaban J connectivity index is 1.57. The van der Waals surface area contributed by atoms with Gasteiger partial charge in [-0.15, -0.1) is 10.2 Å². The highest BCUT2D eigenvalue weighted by atomic mass is 16.5. The molecular weight excluding hydrogens is 408 g/mol. The molecule has 0 aliphatic heterocycles. The number of hydrogen-bond donors (Lipinski definition) is 2. The highest BCUT2D eigenvalue weighted by Gasteiger charge is 2.13. The van der Waals surface area contributed by atoms with Crippen molar-refractivity contribution in [1.82, 2.24) is 10.2 Å². The van der Waals surface area contributed by atoms with Gasteiger partial charge in [0, 0.05) is 25.2 Å². The van der Waals surface area contributed by atoms with Crippen LogP contribution in [0.3, 0.4) is 0 Å². The van der Waals surface area contributed by atoms with Gasteiger partial charge in [0.2, 0.25) is 23.6 Å². The molecule has 0 radical (unpaired) electrons. The first-order valence-corrected chi connectivity index (χ1v) is 9.84. The number of carbonyl (C=O) groups is 2. The summed E-state index contributed by atoms with van der Waals surface area (Å²) in [5.74, 6) is 1.50. The summed E-state index contributed by atoms with van der Waals surface area (Å²) in [5.41, 5.74) is 1.35. The number of benzene rings is 3. The molecule has 4 aromatic rings. The number of fused-ring (bicyclic) bond motifs is 1. The fraction of sp³-hybridized carbons (Fsp3) is 0.0833. The Bertz CT molecular complexity index is 1170. The van der Waals surface area contributed by atoms with Crippen LogP contribution in [0.2, 0.25) is 0 Å². The lowest BCUT2D eigenvalue weighted by molar-refractivity contribution is -0.115. The smallest absolute Gasteiger partial charge is 0.247 e. The van der Waals surface area contributed by atoms with Crippen LogP contribution in [-0.2, 0) is 9.59 Å². The van der Waals surface area contributed by atoms with Crippen molar-refractivity contribution in [1.29, 1.82) is 0 Å². The summed E-state index contributed by atoms with van der Waals surface area (Å²) in [5, 5.41) is 15.3. The molecule has 0 fully saturated rings. The predicted octanol–water partition coefficient (Wildman–Crippen LogP) is 5.13. The number of anilines is 2. The van der Waals surface area contributed by atoms with Crippen LogP contribution < -0.4 is 20.1 Å². The van der Waals surface area contributed by atoms with Crippen LogP contribution in [-0.4, -0.2) is 22.0 Å². The van der Waals surface area contributed by atoms with Gasteiger partial charge in [0.05, 0.1) is 10.8 Å². The van der Waals surface area contributed by atoms with Crippen molar-refractivity contribution in [2.45, 2.75) is 13.8 Å². The number of hydrogen-bond acceptors (Lipinski definition) is 6. The highest BCUT2D eigenvalue weighted by molar-refractivity contribution is 5.91. The summed E-state index contributed by atoms with van der Waals surface area (Å²) < 4.78 is 11.9. The lowest BCUT2D eigenvalue weighted by atomic mass is 10.2. The molecule has 0 bridgehead atoms. The summed E-state index contributed by atoms with van der Waals surface area (Å²) in [6, 6.07) is 21.4. The van der Waals surface area contributed by atoms with Crippen molar-refractivity contribution < 1.29 is 19.1 Å². The molecule has 1 aromatic heterocycles. The van der Waals surface area contributed by atoms with Gasteiger partial charge < -0.3 is 20.1 Å². The van der Waals surface area contributed by atoms with Crippen LogP contribution in [0.15, 0.2) is 72.8 Å². The molecule has 8 heteroatoms. The minimum Gasteiger partial charge on any atom is -0.437 e. The Morgan fingerprint density at radius 1 is 0.625 bits per heavy atom. The lowest BCUT2D eigenvalue weighted by Gasteiger charge is -2.11. The second-order valence-corrected chi connectivity index (χ2v) is 6.97. The van der Waals surface area contributed by atoms with Crippen LogP contribution in [0.4, 0.5) is 11.4 Å². The van der Waals surface area contributed by atoms with E-state index in [1.165, 1.54) is 13.8 Å². The van der Waals surface area contributed by atoms with E-state index in [1.807, 2.05) is 24.3 Å². The standard InChI is InChI=1S/C24H20N4O4/c1-15(29)25-17-7-11-19(12-8-17)31-23-21-5-3-4-6-22(21)24(28-27-23)32-20-13-9-18(10-14-20)26-16(2)30/h3-14H,1-2H3,(H,25,29)(H,26,30). The Morgan fingerprint density at radius 3 is 1.34 bits per heavy atom. The third-order valence-electron chi connectivity index (χ3n) is 4.40. The van der Waals surface area contributed by atoms with Crippen molar-refractivity contribution in [3.05, 3.63) is 72.8 Å². The molecule has 0 saturated carbocycles. The Kier molecular flexibility index (Phi) is 5.94. The van der Waals surface area contributed by atoms with E-state index in [9.17, 15) is 9.59 Å². The minimum absolute atomic E-state index is 0.143. The number of carbonyl (C=O) groups excluding carboxylic acids is 2. The van der Waals surface area contributed by atoms with E-state index in [-0.39, 0.29) is 11.8 Å². The number of amides is 2. The molecule has 4 rings (SSSR count). The van der Waals surface area contributed by atoms with Gasteiger partial charge in [-0.1, -0.05) is 12.1 Å². The first kappa shape index (κ1) is 20.8. The number of ether oxygens (including phenoxy) is 2. The molecule has 8 nitrogen and oxygen atoms in total. The number of rotatable bonds is 6. The number of nitrogens with one attached hydrogen (secondary N) is 2. The average molecular weight is 428 g/mol. The number of aromatic nitrogens is 2. The van der Waals surface area contributed by atoms with Gasteiger partial charge in [-0.3, -0.25) is 9.59 Å². The molecule has 0 spiro atoms.